The smallest absolute Gasteiger partial charge is 0.205 e. The largest absolute Gasteiger partial charge is 0.264 e. The number of benzene rings is 1. The van der Waals surface area contributed by atoms with Gasteiger partial charge in [0.1, 0.15) is 11.6 Å². The number of aromatic nitrogens is 8. The van der Waals surface area contributed by atoms with E-state index >= 15 is 0 Å². The van der Waals surface area contributed by atoms with Gasteiger partial charge in [0, 0.05) is 29.9 Å². The molecule has 1 N–H and O–H groups in total. The fraction of sp³-hybridized carbons (Fsp3) is 0.263. The molecule has 0 amide bonds. The topological polar surface area (TPSA) is 98.1 Å². The third-order valence-corrected chi connectivity index (χ3v) is 4.33. The lowest BCUT2D eigenvalue weighted by atomic mass is 10.0. The second kappa shape index (κ2) is 7.45. The van der Waals surface area contributed by atoms with Gasteiger partial charge in [-0.25, -0.2) is 9.67 Å². The minimum atomic E-state index is 0.554. The minimum absolute atomic E-state index is 0.554. The van der Waals surface area contributed by atoms with Crippen molar-refractivity contribution in [3.63, 3.8) is 0 Å². The number of rotatable bonds is 6. The maximum Gasteiger partial charge on any atom is 0.205 e. The van der Waals surface area contributed by atoms with E-state index in [-0.39, 0.29) is 0 Å². The third kappa shape index (κ3) is 3.59. The highest BCUT2D eigenvalue weighted by Gasteiger charge is 2.12. The Labute approximate surface area is 156 Å². The number of aryl methyl sites for hydroxylation is 2. The van der Waals surface area contributed by atoms with E-state index in [1.807, 2.05) is 23.9 Å². The number of H-pyrrole nitrogens is 1. The number of nitrogens with one attached hydrogen (secondary N) is 1. The number of aromatic amines is 1. The molecule has 136 valence electrons. The summed E-state index contributed by atoms with van der Waals surface area (Å²) in [5, 5.41) is 18.8. The first-order valence-corrected chi connectivity index (χ1v) is 8.92. The Bertz CT molecular complexity index is 1020. The summed E-state index contributed by atoms with van der Waals surface area (Å²) < 4.78 is 1.99. The summed E-state index contributed by atoms with van der Waals surface area (Å²) in [6.07, 6.45) is 5.53. The maximum atomic E-state index is 4.52. The molecule has 4 aromatic rings. The lowest BCUT2D eigenvalue weighted by Gasteiger charge is -2.09. The first kappa shape index (κ1) is 17.0. The van der Waals surface area contributed by atoms with Crippen LogP contribution in [0, 0.1) is 6.92 Å². The van der Waals surface area contributed by atoms with Gasteiger partial charge in [-0.3, -0.25) is 4.98 Å². The van der Waals surface area contributed by atoms with E-state index in [1.165, 1.54) is 5.56 Å². The van der Waals surface area contributed by atoms with Gasteiger partial charge in [0.15, 0.2) is 0 Å². The Kier molecular flexibility index (Phi) is 4.69. The highest BCUT2D eigenvalue weighted by molar-refractivity contribution is 5.79. The summed E-state index contributed by atoms with van der Waals surface area (Å²) in [7, 11) is 0. The molecule has 8 heteroatoms. The molecule has 0 aliphatic carbocycles. The highest BCUT2D eigenvalue weighted by Crippen LogP contribution is 2.29. The molecule has 0 radical (unpaired) electrons. The molecular formula is C19H20N8. The number of nitrogens with zero attached hydrogens (tertiary/aromatic N) is 7. The normalized spacial score (nSPS) is 11.0. The lowest BCUT2D eigenvalue weighted by molar-refractivity contribution is 0.627. The summed E-state index contributed by atoms with van der Waals surface area (Å²) in [4.78, 5) is 8.77. The maximum absolute atomic E-state index is 4.52. The lowest BCUT2D eigenvalue weighted by Crippen LogP contribution is -2.07. The third-order valence-electron chi connectivity index (χ3n) is 4.33. The Balaban J connectivity index is 1.61. The second-order valence-corrected chi connectivity index (χ2v) is 6.34. The van der Waals surface area contributed by atoms with Crippen LogP contribution < -0.4 is 0 Å². The van der Waals surface area contributed by atoms with Gasteiger partial charge in [-0.2, -0.15) is 10.3 Å². The number of pyridine rings is 1. The van der Waals surface area contributed by atoms with E-state index in [0.29, 0.717) is 12.4 Å². The fourth-order valence-corrected chi connectivity index (χ4v) is 3.09. The molecule has 0 saturated heterocycles. The van der Waals surface area contributed by atoms with Crippen LogP contribution in [-0.4, -0.2) is 40.4 Å². The van der Waals surface area contributed by atoms with Crippen LogP contribution in [0.15, 0.2) is 42.7 Å². The van der Waals surface area contributed by atoms with Crippen LogP contribution in [0.1, 0.15) is 30.6 Å². The summed E-state index contributed by atoms with van der Waals surface area (Å²) in [5.41, 5.74) is 4.08. The van der Waals surface area contributed by atoms with Gasteiger partial charge in [0.05, 0.1) is 6.54 Å². The number of hydrogen-bond acceptors (Lipinski definition) is 6. The highest BCUT2D eigenvalue weighted by atomic mass is 15.5. The van der Waals surface area contributed by atoms with Crippen molar-refractivity contribution in [2.24, 2.45) is 0 Å². The van der Waals surface area contributed by atoms with Crippen LogP contribution in [0.25, 0.3) is 22.5 Å². The zero-order chi connectivity index (χ0) is 18.6. The molecule has 0 aliphatic rings. The molecule has 0 fully saturated rings. The van der Waals surface area contributed by atoms with Crippen LogP contribution in [0.5, 0.6) is 0 Å². The van der Waals surface area contributed by atoms with Gasteiger partial charge < -0.3 is 0 Å². The van der Waals surface area contributed by atoms with E-state index in [2.05, 4.69) is 66.9 Å². The number of hydrogen-bond donors (Lipinski definition) is 1. The Morgan fingerprint density at radius 2 is 1.93 bits per heavy atom. The molecule has 0 aliphatic heterocycles. The zero-order valence-corrected chi connectivity index (χ0v) is 15.3. The Hall–Kier alpha value is -3.42. The van der Waals surface area contributed by atoms with Gasteiger partial charge in [-0.05, 0) is 35.8 Å². The fourth-order valence-electron chi connectivity index (χ4n) is 3.09. The monoisotopic (exact) mass is 360 g/mol. The molecular weight excluding hydrogens is 340 g/mol. The van der Waals surface area contributed by atoms with Crippen molar-refractivity contribution in [2.75, 3.05) is 0 Å². The molecule has 0 atom stereocenters. The van der Waals surface area contributed by atoms with Crippen LogP contribution in [0.4, 0.5) is 0 Å². The van der Waals surface area contributed by atoms with Crippen LogP contribution >= 0.6 is 0 Å². The zero-order valence-electron chi connectivity index (χ0n) is 15.3. The molecule has 4 rings (SSSR count). The molecule has 27 heavy (non-hydrogen) atoms. The Morgan fingerprint density at radius 1 is 1.07 bits per heavy atom. The van der Waals surface area contributed by atoms with Crippen molar-refractivity contribution in [1.29, 1.82) is 0 Å². The van der Waals surface area contributed by atoms with Gasteiger partial charge in [0.2, 0.25) is 5.82 Å². The molecule has 1 aromatic carbocycles. The van der Waals surface area contributed by atoms with Crippen molar-refractivity contribution < 1.29 is 0 Å². The van der Waals surface area contributed by atoms with Gasteiger partial charge in [-0.1, -0.05) is 31.2 Å². The van der Waals surface area contributed by atoms with E-state index in [9.17, 15) is 0 Å². The van der Waals surface area contributed by atoms with Crippen LogP contribution in [-0.2, 0) is 13.0 Å². The van der Waals surface area contributed by atoms with E-state index in [4.69, 9.17) is 0 Å². The minimum Gasteiger partial charge on any atom is -0.264 e. The average molecular weight is 360 g/mol. The van der Waals surface area contributed by atoms with Crippen molar-refractivity contribution >= 4 is 0 Å². The van der Waals surface area contributed by atoms with Crippen molar-refractivity contribution in [2.45, 2.75) is 33.2 Å². The van der Waals surface area contributed by atoms with E-state index < -0.39 is 0 Å². The molecule has 0 spiro atoms. The molecule has 3 aromatic heterocycles. The molecule has 3 heterocycles. The second-order valence-electron chi connectivity index (χ2n) is 6.34. The average Bonchev–Trinajstić information content (AvgIpc) is 3.33. The van der Waals surface area contributed by atoms with Gasteiger partial charge in [0.25, 0.3) is 0 Å². The van der Waals surface area contributed by atoms with Crippen LogP contribution in [0.3, 0.4) is 0 Å². The molecule has 0 unspecified atom stereocenters. The quantitative estimate of drug-likeness (QED) is 0.568. The van der Waals surface area contributed by atoms with Gasteiger partial charge >= 0.3 is 0 Å². The standard InChI is InChI=1S/C19H20N8/c1-3-4-18-21-13(2)24-27(18)12-14-5-7-15(8-6-14)17-11-20-10-9-16(17)19-22-25-26-23-19/h5-11H,3-4,12H2,1-2H3,(H,22,23,25,26). The summed E-state index contributed by atoms with van der Waals surface area (Å²) >= 11 is 0. The van der Waals surface area contributed by atoms with Crippen molar-refractivity contribution in [3.05, 3.63) is 59.9 Å². The van der Waals surface area contributed by atoms with Gasteiger partial charge in [-0.15, -0.1) is 10.2 Å². The Morgan fingerprint density at radius 3 is 2.67 bits per heavy atom. The first-order valence-electron chi connectivity index (χ1n) is 8.92. The number of tetrazole rings is 1. The van der Waals surface area contributed by atoms with Crippen molar-refractivity contribution in [1.82, 2.24) is 40.4 Å². The van der Waals surface area contributed by atoms with E-state index in [1.54, 1.807) is 6.20 Å². The summed E-state index contributed by atoms with van der Waals surface area (Å²) in [6.45, 7) is 4.79. The molecule has 0 saturated carbocycles. The SMILES string of the molecule is CCCc1nc(C)nn1Cc1ccc(-c2cnccc2-c2nn[nH]n2)cc1. The predicted octanol–water partition coefficient (Wildman–Crippen LogP) is 2.83. The first-order chi connectivity index (χ1) is 13.2. The molecule has 0 bridgehead atoms. The van der Waals surface area contributed by atoms with E-state index in [0.717, 1.165) is 41.2 Å². The van der Waals surface area contributed by atoms with Crippen LogP contribution in [0.2, 0.25) is 0 Å². The predicted molar refractivity (Wildman–Crippen MR) is 101 cm³/mol. The summed E-state index contributed by atoms with van der Waals surface area (Å²) in [5.74, 6) is 2.40. The molecule has 8 nitrogen and oxygen atoms in total. The summed E-state index contributed by atoms with van der Waals surface area (Å²) in [6, 6.07) is 10.3. The van der Waals surface area contributed by atoms with Crippen molar-refractivity contribution in [3.8, 4) is 22.5 Å².